The number of H-pyrrole nitrogens is 1. The Kier molecular flexibility index (Phi) is 4.72. The molecule has 0 amide bonds. The molecule has 5 nitrogen and oxygen atoms in total. The van der Waals surface area contributed by atoms with E-state index < -0.39 is 0 Å². The highest BCUT2D eigenvalue weighted by atomic mass is 79.9. The van der Waals surface area contributed by atoms with Crippen LogP contribution in [0, 0.1) is 0 Å². The van der Waals surface area contributed by atoms with Crippen LogP contribution in [0.2, 0.25) is 0 Å². The fourth-order valence-electron chi connectivity index (χ4n) is 4.03. The zero-order chi connectivity index (χ0) is 19.7. The highest BCUT2D eigenvalue weighted by Crippen LogP contribution is 2.51. The SMILES string of the molecule is BrC1(c2cccc(Oc3ccccc3)c2Nc2ncnc3[nH]ccc23)CCCC1. The van der Waals surface area contributed by atoms with Crippen molar-refractivity contribution in [2.45, 2.75) is 30.0 Å². The summed E-state index contributed by atoms with van der Waals surface area (Å²) in [5, 5.41) is 4.51. The monoisotopic (exact) mass is 448 g/mol. The van der Waals surface area contributed by atoms with E-state index in [4.69, 9.17) is 4.74 Å². The lowest BCUT2D eigenvalue weighted by Gasteiger charge is -2.27. The van der Waals surface area contributed by atoms with Gasteiger partial charge in [0.05, 0.1) is 15.4 Å². The number of nitrogens with one attached hydrogen (secondary N) is 2. The summed E-state index contributed by atoms with van der Waals surface area (Å²) >= 11 is 4.05. The molecule has 29 heavy (non-hydrogen) atoms. The quantitative estimate of drug-likeness (QED) is 0.335. The Morgan fingerprint density at radius 2 is 1.79 bits per heavy atom. The van der Waals surface area contributed by atoms with Crippen LogP contribution >= 0.6 is 15.9 Å². The zero-order valence-electron chi connectivity index (χ0n) is 15.9. The number of aromatic nitrogens is 3. The largest absolute Gasteiger partial charge is 0.455 e. The van der Waals surface area contributed by atoms with Crippen LogP contribution in [-0.2, 0) is 4.32 Å². The summed E-state index contributed by atoms with van der Waals surface area (Å²) in [4.78, 5) is 11.9. The van der Waals surface area contributed by atoms with Crippen LogP contribution in [-0.4, -0.2) is 15.0 Å². The van der Waals surface area contributed by atoms with E-state index in [1.807, 2.05) is 48.7 Å². The first-order valence-electron chi connectivity index (χ1n) is 9.83. The minimum atomic E-state index is -0.0598. The van der Waals surface area contributed by atoms with Crippen molar-refractivity contribution < 1.29 is 4.74 Å². The zero-order valence-corrected chi connectivity index (χ0v) is 17.4. The fraction of sp³-hybridized carbons (Fsp3) is 0.217. The Bertz CT molecular complexity index is 1140. The molecule has 146 valence electrons. The molecule has 5 rings (SSSR count). The predicted molar refractivity (Wildman–Crippen MR) is 119 cm³/mol. The van der Waals surface area contributed by atoms with Gasteiger partial charge in [0.15, 0.2) is 5.75 Å². The van der Waals surface area contributed by atoms with Gasteiger partial charge in [0, 0.05) is 6.20 Å². The van der Waals surface area contributed by atoms with E-state index in [0.29, 0.717) is 0 Å². The van der Waals surface area contributed by atoms with Crippen molar-refractivity contribution in [3.8, 4) is 11.5 Å². The molecular weight excluding hydrogens is 428 g/mol. The minimum absolute atomic E-state index is 0.0598. The second-order valence-electron chi connectivity index (χ2n) is 7.35. The fourth-order valence-corrected chi connectivity index (χ4v) is 4.92. The first-order valence-corrected chi connectivity index (χ1v) is 10.6. The van der Waals surface area contributed by atoms with Gasteiger partial charge in [-0.25, -0.2) is 9.97 Å². The highest BCUT2D eigenvalue weighted by Gasteiger charge is 2.36. The summed E-state index contributed by atoms with van der Waals surface area (Å²) in [6, 6.07) is 18.1. The number of nitrogens with zero attached hydrogens (tertiary/aromatic N) is 2. The van der Waals surface area contributed by atoms with E-state index >= 15 is 0 Å². The van der Waals surface area contributed by atoms with E-state index in [2.05, 4.69) is 48.3 Å². The van der Waals surface area contributed by atoms with Crippen molar-refractivity contribution >= 4 is 38.5 Å². The number of ether oxygens (including phenoxy) is 1. The van der Waals surface area contributed by atoms with E-state index in [1.165, 1.54) is 18.4 Å². The third-order valence-electron chi connectivity index (χ3n) is 5.47. The Balaban J connectivity index is 1.63. The van der Waals surface area contributed by atoms with Gasteiger partial charge in [0.1, 0.15) is 23.5 Å². The molecule has 2 N–H and O–H groups in total. The van der Waals surface area contributed by atoms with Gasteiger partial charge in [-0.15, -0.1) is 0 Å². The van der Waals surface area contributed by atoms with E-state index in [0.717, 1.165) is 46.9 Å². The van der Waals surface area contributed by atoms with Crippen molar-refractivity contribution in [3.63, 3.8) is 0 Å². The van der Waals surface area contributed by atoms with Crippen LogP contribution in [0.15, 0.2) is 67.1 Å². The van der Waals surface area contributed by atoms with Crippen LogP contribution in [0.4, 0.5) is 11.5 Å². The molecule has 0 spiro atoms. The van der Waals surface area contributed by atoms with Crippen molar-refractivity contribution in [2.75, 3.05) is 5.32 Å². The van der Waals surface area contributed by atoms with Gasteiger partial charge in [-0.2, -0.15) is 0 Å². The lowest BCUT2D eigenvalue weighted by atomic mass is 9.95. The molecule has 1 aliphatic carbocycles. The summed E-state index contributed by atoms with van der Waals surface area (Å²) in [5.74, 6) is 2.34. The average molecular weight is 449 g/mol. The third kappa shape index (κ3) is 3.49. The van der Waals surface area contributed by atoms with Gasteiger partial charge in [0.2, 0.25) is 0 Å². The van der Waals surface area contributed by atoms with Crippen LogP contribution in [0.1, 0.15) is 31.2 Å². The van der Waals surface area contributed by atoms with Gasteiger partial charge < -0.3 is 15.0 Å². The number of para-hydroxylation sites is 2. The average Bonchev–Trinajstić information content (AvgIpc) is 3.40. The third-order valence-corrected chi connectivity index (χ3v) is 6.69. The minimum Gasteiger partial charge on any atom is -0.455 e. The standard InChI is InChI=1S/C23H21BrN4O/c24-23(12-4-5-13-23)18-9-6-10-19(29-16-7-2-1-3-8-16)20(18)28-22-17-11-14-25-21(17)26-15-27-22/h1-3,6-11,14-15H,4-5,12-13H2,(H2,25,26,27,28). The number of benzene rings is 2. The number of rotatable bonds is 5. The molecule has 0 unspecified atom stereocenters. The summed E-state index contributed by atoms with van der Waals surface area (Å²) in [7, 11) is 0. The van der Waals surface area contributed by atoms with Crippen LogP contribution in [0.5, 0.6) is 11.5 Å². The maximum Gasteiger partial charge on any atom is 0.151 e. The molecule has 1 saturated carbocycles. The predicted octanol–water partition coefficient (Wildman–Crippen LogP) is 6.66. The van der Waals surface area contributed by atoms with Crippen molar-refractivity contribution in [1.29, 1.82) is 0 Å². The first kappa shape index (κ1) is 18.2. The van der Waals surface area contributed by atoms with E-state index in [-0.39, 0.29) is 4.32 Å². The van der Waals surface area contributed by atoms with Gasteiger partial charge in [-0.05, 0) is 42.7 Å². The molecule has 0 atom stereocenters. The van der Waals surface area contributed by atoms with E-state index in [9.17, 15) is 0 Å². The van der Waals surface area contributed by atoms with Crippen molar-refractivity contribution in [3.05, 3.63) is 72.7 Å². The maximum atomic E-state index is 6.29. The number of fused-ring (bicyclic) bond motifs is 1. The molecule has 4 aromatic rings. The first-order chi connectivity index (χ1) is 14.2. The maximum absolute atomic E-state index is 6.29. The van der Waals surface area contributed by atoms with Gasteiger partial charge in [0.25, 0.3) is 0 Å². The van der Waals surface area contributed by atoms with Crippen LogP contribution < -0.4 is 10.1 Å². The lowest BCUT2D eigenvalue weighted by Crippen LogP contribution is -2.15. The molecule has 6 heteroatoms. The van der Waals surface area contributed by atoms with Crippen molar-refractivity contribution in [1.82, 2.24) is 15.0 Å². The molecule has 2 aromatic heterocycles. The van der Waals surface area contributed by atoms with Gasteiger partial charge in [-0.1, -0.05) is 59.1 Å². The topological polar surface area (TPSA) is 62.8 Å². The highest BCUT2D eigenvalue weighted by molar-refractivity contribution is 9.09. The molecule has 0 bridgehead atoms. The Morgan fingerprint density at radius 3 is 2.62 bits per heavy atom. The van der Waals surface area contributed by atoms with Crippen LogP contribution in [0.25, 0.3) is 11.0 Å². The number of anilines is 2. The molecule has 0 saturated heterocycles. The summed E-state index contributed by atoms with van der Waals surface area (Å²) in [6.07, 6.45) is 8.06. The molecule has 2 aromatic carbocycles. The molecule has 0 aliphatic heterocycles. The normalized spacial score (nSPS) is 15.5. The molecule has 1 aliphatic rings. The Labute approximate surface area is 177 Å². The number of alkyl halides is 1. The number of aromatic amines is 1. The van der Waals surface area contributed by atoms with Gasteiger partial charge in [-0.3, -0.25) is 0 Å². The molecule has 2 heterocycles. The summed E-state index contributed by atoms with van der Waals surface area (Å²) in [5.41, 5.74) is 2.95. The smallest absolute Gasteiger partial charge is 0.151 e. The van der Waals surface area contributed by atoms with E-state index in [1.54, 1.807) is 6.33 Å². The Morgan fingerprint density at radius 1 is 0.966 bits per heavy atom. The summed E-state index contributed by atoms with van der Waals surface area (Å²) < 4.78 is 6.23. The number of hydrogen-bond acceptors (Lipinski definition) is 4. The number of hydrogen-bond donors (Lipinski definition) is 2. The molecule has 1 fully saturated rings. The van der Waals surface area contributed by atoms with Gasteiger partial charge >= 0.3 is 0 Å². The van der Waals surface area contributed by atoms with Crippen LogP contribution in [0.3, 0.4) is 0 Å². The molecular formula is C23H21BrN4O. The number of halogens is 1. The summed E-state index contributed by atoms with van der Waals surface area (Å²) in [6.45, 7) is 0. The second-order valence-corrected chi connectivity index (χ2v) is 8.87. The lowest BCUT2D eigenvalue weighted by molar-refractivity contribution is 0.483. The second kappa shape index (κ2) is 7.52. The Hall–Kier alpha value is -2.86. The molecule has 0 radical (unpaired) electrons. The van der Waals surface area contributed by atoms with Crippen molar-refractivity contribution in [2.24, 2.45) is 0 Å².